The molecule has 0 atom stereocenters. The quantitative estimate of drug-likeness (QED) is 0.447. The van der Waals surface area contributed by atoms with Crippen LogP contribution in [0.15, 0.2) is 12.4 Å². The van der Waals surface area contributed by atoms with E-state index in [-0.39, 0.29) is 6.29 Å². The molecule has 7 heteroatoms. The molecular formula is C4H6N2NaO3P. The molecule has 0 fully saturated rings. The van der Waals surface area contributed by atoms with Crippen LogP contribution in [0.5, 0.6) is 0 Å². The molecule has 0 aliphatic heterocycles. The van der Waals surface area contributed by atoms with E-state index in [9.17, 15) is 4.57 Å². The molecule has 2 N–H and O–H groups in total. The fourth-order valence-electron chi connectivity index (χ4n) is 0.733. The molecule has 0 aromatic carbocycles. The van der Waals surface area contributed by atoms with Crippen LogP contribution in [-0.4, -0.2) is 47.5 Å². The first-order chi connectivity index (χ1) is 4.97. The molecule has 5 nitrogen and oxygen atoms in total. The van der Waals surface area contributed by atoms with Gasteiger partial charge in [-0.3, -0.25) is 0 Å². The zero-order valence-corrected chi connectivity index (χ0v) is 8.90. The maximum atomic E-state index is 10.5. The number of hydrogen-bond donors (Lipinski definition) is 2. The Hall–Kier alpha value is 0.360. The predicted molar refractivity (Wildman–Crippen MR) is 39.7 cm³/mol. The Labute approximate surface area is 81.0 Å². The standard InChI is InChI=1S/C4H6N2O3P.Na/c7-10(8,9)4-6-3-1-2-5-6;/h2-3H,4H2,(H2,7,8,9);. The Balaban J connectivity index is 2.73. The van der Waals surface area contributed by atoms with E-state index < -0.39 is 7.60 Å². The fraction of sp³-hybridized carbons (Fsp3) is 0.250. The molecule has 1 heterocycles. The molecule has 0 aliphatic carbocycles. The van der Waals surface area contributed by atoms with Crippen LogP contribution in [0.4, 0.5) is 0 Å². The Morgan fingerprint density at radius 3 is 2.73 bits per heavy atom. The van der Waals surface area contributed by atoms with Crippen LogP contribution < -0.4 is 2.81 Å². The second kappa shape index (κ2) is 3.39. The van der Waals surface area contributed by atoms with Gasteiger partial charge in [-0.15, -0.1) is 0 Å². The topological polar surface area (TPSA) is 75.3 Å². The summed E-state index contributed by atoms with van der Waals surface area (Å²) in [7, 11) is -3.96. The van der Waals surface area contributed by atoms with Crippen LogP contribution in [0.2, 0.25) is 0 Å². The van der Waals surface area contributed by atoms with Crippen molar-refractivity contribution in [3.05, 3.63) is 12.4 Å². The van der Waals surface area contributed by atoms with Crippen molar-refractivity contribution in [1.82, 2.24) is 9.78 Å². The SMILES string of the molecule is O=P(O)(O)Cn1c[c]([Na])cn1. The average molecular weight is 184 g/mol. The van der Waals surface area contributed by atoms with Crippen LogP contribution in [-0.2, 0) is 10.9 Å². The van der Waals surface area contributed by atoms with Crippen molar-refractivity contribution < 1.29 is 14.4 Å². The van der Waals surface area contributed by atoms with Crippen molar-refractivity contribution in [2.45, 2.75) is 6.29 Å². The molecule has 1 aromatic rings. The van der Waals surface area contributed by atoms with E-state index in [2.05, 4.69) is 5.10 Å². The number of hydrogen-bond acceptors (Lipinski definition) is 2. The summed E-state index contributed by atoms with van der Waals surface area (Å²) in [4.78, 5) is 17.1. The fourth-order valence-corrected chi connectivity index (χ4v) is 1.68. The Bertz CT molecular complexity index is 293. The molecule has 11 heavy (non-hydrogen) atoms. The van der Waals surface area contributed by atoms with Gasteiger partial charge in [0.05, 0.1) is 0 Å². The first-order valence-electron chi connectivity index (χ1n) is 3.01. The van der Waals surface area contributed by atoms with E-state index in [1.54, 1.807) is 12.4 Å². The minimum atomic E-state index is -3.96. The van der Waals surface area contributed by atoms with Gasteiger partial charge in [0.25, 0.3) is 0 Å². The van der Waals surface area contributed by atoms with Gasteiger partial charge in [0.1, 0.15) is 0 Å². The van der Waals surface area contributed by atoms with Gasteiger partial charge in [0, 0.05) is 0 Å². The summed E-state index contributed by atoms with van der Waals surface area (Å²) < 4.78 is 12.7. The molecule has 0 bridgehead atoms. The van der Waals surface area contributed by atoms with Gasteiger partial charge in [0.15, 0.2) is 0 Å². The van der Waals surface area contributed by atoms with Crippen molar-refractivity contribution in [3.63, 3.8) is 0 Å². The van der Waals surface area contributed by atoms with Gasteiger partial charge in [-0.2, -0.15) is 0 Å². The summed E-state index contributed by atoms with van der Waals surface area (Å²) in [6, 6.07) is 0. The number of nitrogens with zero attached hydrogens (tertiary/aromatic N) is 2. The number of aromatic nitrogens is 2. The van der Waals surface area contributed by atoms with E-state index in [1.807, 2.05) is 0 Å². The van der Waals surface area contributed by atoms with E-state index >= 15 is 0 Å². The van der Waals surface area contributed by atoms with Crippen molar-refractivity contribution in [2.24, 2.45) is 0 Å². The number of rotatable bonds is 2. The van der Waals surface area contributed by atoms with Crippen LogP contribution in [0, 0.1) is 0 Å². The van der Waals surface area contributed by atoms with E-state index in [0.717, 1.165) is 30.7 Å². The molecule has 0 spiro atoms. The molecular weight excluding hydrogens is 178 g/mol. The van der Waals surface area contributed by atoms with Crippen molar-refractivity contribution in [2.75, 3.05) is 0 Å². The monoisotopic (exact) mass is 184 g/mol. The predicted octanol–water partition coefficient (Wildman–Crippen LogP) is -1.19. The van der Waals surface area contributed by atoms with E-state index in [0.29, 0.717) is 0 Å². The maximum absolute atomic E-state index is 10.5. The second-order valence-corrected chi connectivity index (χ2v) is 5.13. The average Bonchev–Trinajstić information content (AvgIpc) is 2.10. The van der Waals surface area contributed by atoms with Crippen LogP contribution in [0.3, 0.4) is 0 Å². The van der Waals surface area contributed by atoms with Crippen LogP contribution >= 0.6 is 7.60 Å². The van der Waals surface area contributed by atoms with Gasteiger partial charge in [0.2, 0.25) is 0 Å². The zero-order valence-electron chi connectivity index (χ0n) is 6.01. The molecule has 0 radical (unpaired) electrons. The Morgan fingerprint density at radius 1 is 1.73 bits per heavy atom. The zero-order chi connectivity index (χ0) is 8.48. The molecule has 0 aliphatic rings. The summed E-state index contributed by atoms with van der Waals surface area (Å²) in [6.07, 6.45) is 2.93. The third-order valence-electron chi connectivity index (χ3n) is 1.09. The molecule has 56 valence electrons. The molecule has 1 rings (SSSR count). The molecule has 0 saturated carbocycles. The summed E-state index contributed by atoms with van der Waals surface area (Å²) in [6.45, 7) is 0. The molecule has 1 aromatic heterocycles. The minimum absolute atomic E-state index is 0.324. The van der Waals surface area contributed by atoms with Gasteiger partial charge in [-0.05, 0) is 0 Å². The summed E-state index contributed by atoms with van der Waals surface area (Å²) >= 11 is 0.850. The first-order valence-corrected chi connectivity index (χ1v) is 5.81. The molecule has 0 unspecified atom stereocenters. The normalized spacial score (nSPS) is 12.0. The second-order valence-electron chi connectivity index (χ2n) is 2.36. The Kier molecular flexibility index (Phi) is 2.91. The summed E-state index contributed by atoms with van der Waals surface area (Å²) in [5, 5.41) is 3.76. The van der Waals surface area contributed by atoms with E-state index in [1.165, 1.54) is 4.68 Å². The van der Waals surface area contributed by atoms with Crippen LogP contribution in [0.25, 0.3) is 0 Å². The Morgan fingerprint density at radius 2 is 2.36 bits per heavy atom. The third kappa shape index (κ3) is 3.51. The summed E-state index contributed by atoms with van der Waals surface area (Å²) in [5.41, 5.74) is 0. The summed E-state index contributed by atoms with van der Waals surface area (Å²) in [5.74, 6) is 0. The van der Waals surface area contributed by atoms with Crippen LogP contribution in [0.1, 0.15) is 0 Å². The first kappa shape index (κ1) is 9.45. The van der Waals surface area contributed by atoms with E-state index in [4.69, 9.17) is 9.79 Å². The van der Waals surface area contributed by atoms with Gasteiger partial charge in [-0.25, -0.2) is 0 Å². The van der Waals surface area contributed by atoms with Crippen molar-refractivity contribution >= 4 is 38.3 Å². The van der Waals surface area contributed by atoms with Crippen molar-refractivity contribution in [1.29, 1.82) is 0 Å². The van der Waals surface area contributed by atoms with Gasteiger partial charge in [-0.1, -0.05) is 0 Å². The van der Waals surface area contributed by atoms with Crippen molar-refractivity contribution in [3.8, 4) is 0 Å². The van der Waals surface area contributed by atoms with Gasteiger partial charge < -0.3 is 0 Å². The molecule has 0 saturated heterocycles. The molecule has 0 amide bonds. The third-order valence-corrected chi connectivity index (χ3v) is 2.27. The van der Waals surface area contributed by atoms with Gasteiger partial charge >= 0.3 is 81.2 Å².